The number of hydrogen-bond acceptors (Lipinski definition) is 3. The molecule has 4 nitrogen and oxygen atoms in total. The van der Waals surface area contributed by atoms with Crippen LogP contribution in [0.25, 0.3) is 0 Å². The van der Waals surface area contributed by atoms with Crippen LogP contribution < -0.4 is 10.5 Å². The molecule has 0 spiro atoms. The van der Waals surface area contributed by atoms with E-state index >= 15 is 0 Å². The first-order chi connectivity index (χ1) is 9.85. The van der Waals surface area contributed by atoms with Gasteiger partial charge in [0, 0.05) is 6.54 Å². The molecular weight excluding hydrogens is 305 g/mol. The molecule has 2 aromatic rings. The molecule has 0 aromatic heterocycles. The third-order valence-electron chi connectivity index (χ3n) is 2.72. The van der Waals surface area contributed by atoms with E-state index in [0.29, 0.717) is 5.56 Å². The zero-order valence-corrected chi connectivity index (χ0v) is 11.4. The number of benzene rings is 2. The lowest BCUT2D eigenvalue weighted by atomic mass is 10.2. The Balaban J connectivity index is 2.41. The third kappa shape index (κ3) is 3.17. The fraction of sp³-hybridized carbons (Fsp3) is 0.0769. The lowest BCUT2D eigenvalue weighted by molar-refractivity contribution is 0.511. The predicted octanol–water partition coefficient (Wildman–Crippen LogP) is 2.36. The molecule has 0 heterocycles. The minimum atomic E-state index is -4.38. The molecule has 2 rings (SSSR count). The van der Waals surface area contributed by atoms with Gasteiger partial charge in [-0.2, -0.15) is 0 Å². The molecule has 112 valence electrons. The van der Waals surface area contributed by atoms with Gasteiger partial charge in [0.15, 0.2) is 11.6 Å². The zero-order valence-electron chi connectivity index (χ0n) is 10.6. The highest BCUT2D eigenvalue weighted by molar-refractivity contribution is 7.92. The molecule has 2 aromatic carbocycles. The first kappa shape index (κ1) is 15.3. The summed E-state index contributed by atoms with van der Waals surface area (Å²) in [6, 6.07) is 6.31. The van der Waals surface area contributed by atoms with Crippen LogP contribution >= 0.6 is 0 Å². The lowest BCUT2D eigenvalue weighted by Gasteiger charge is -2.10. The summed E-state index contributed by atoms with van der Waals surface area (Å²) < 4.78 is 66.1. The van der Waals surface area contributed by atoms with E-state index in [1.54, 1.807) is 0 Å². The number of rotatable bonds is 4. The van der Waals surface area contributed by atoms with Crippen molar-refractivity contribution in [3.63, 3.8) is 0 Å². The molecule has 0 fully saturated rings. The van der Waals surface area contributed by atoms with Crippen LogP contribution in [0.4, 0.5) is 18.9 Å². The van der Waals surface area contributed by atoms with Crippen molar-refractivity contribution >= 4 is 15.7 Å². The summed E-state index contributed by atoms with van der Waals surface area (Å²) in [5, 5.41) is 0. The van der Waals surface area contributed by atoms with Crippen molar-refractivity contribution in [1.29, 1.82) is 0 Å². The van der Waals surface area contributed by atoms with E-state index in [9.17, 15) is 21.6 Å². The molecule has 0 saturated carbocycles. The fourth-order valence-electron chi connectivity index (χ4n) is 1.67. The zero-order chi connectivity index (χ0) is 15.6. The van der Waals surface area contributed by atoms with Crippen LogP contribution in [0.15, 0.2) is 41.3 Å². The highest BCUT2D eigenvalue weighted by atomic mass is 32.2. The molecule has 21 heavy (non-hydrogen) atoms. The molecule has 0 radical (unpaired) electrons. The largest absolute Gasteiger partial charge is 0.326 e. The van der Waals surface area contributed by atoms with Crippen LogP contribution in [-0.2, 0) is 16.6 Å². The number of nitrogens with two attached hydrogens (primary N) is 1. The van der Waals surface area contributed by atoms with E-state index in [1.165, 1.54) is 6.07 Å². The Morgan fingerprint density at radius 1 is 1.05 bits per heavy atom. The second kappa shape index (κ2) is 5.74. The van der Waals surface area contributed by atoms with E-state index < -0.39 is 38.1 Å². The predicted molar refractivity (Wildman–Crippen MR) is 71.5 cm³/mol. The quantitative estimate of drug-likeness (QED) is 0.909. The molecule has 8 heteroatoms. The van der Waals surface area contributed by atoms with Gasteiger partial charge in [-0.15, -0.1) is 0 Å². The molecular formula is C13H11F3N2O2S. The molecule has 0 bridgehead atoms. The van der Waals surface area contributed by atoms with Gasteiger partial charge < -0.3 is 5.73 Å². The number of sulfonamides is 1. The van der Waals surface area contributed by atoms with Crippen LogP contribution in [0, 0.1) is 17.5 Å². The van der Waals surface area contributed by atoms with Gasteiger partial charge in [-0.25, -0.2) is 21.6 Å². The summed E-state index contributed by atoms with van der Waals surface area (Å²) in [7, 11) is -4.38. The number of anilines is 1. The van der Waals surface area contributed by atoms with E-state index in [-0.39, 0.29) is 6.54 Å². The van der Waals surface area contributed by atoms with Crippen LogP contribution in [0.2, 0.25) is 0 Å². The smallest absolute Gasteiger partial charge is 0.264 e. The highest BCUT2D eigenvalue weighted by Gasteiger charge is 2.21. The molecule has 0 saturated heterocycles. The monoisotopic (exact) mass is 316 g/mol. The molecule has 0 unspecified atom stereocenters. The van der Waals surface area contributed by atoms with Gasteiger partial charge in [0.2, 0.25) is 0 Å². The number of nitrogens with one attached hydrogen (secondary N) is 1. The first-order valence-corrected chi connectivity index (χ1v) is 7.29. The molecule has 0 aliphatic carbocycles. The molecule has 0 atom stereocenters. The number of hydrogen-bond donors (Lipinski definition) is 2. The summed E-state index contributed by atoms with van der Waals surface area (Å²) in [5.74, 6) is -3.60. The second-order valence-corrected chi connectivity index (χ2v) is 5.83. The molecule has 0 amide bonds. The highest BCUT2D eigenvalue weighted by Crippen LogP contribution is 2.23. The van der Waals surface area contributed by atoms with Gasteiger partial charge in [-0.05, 0) is 29.8 Å². The van der Waals surface area contributed by atoms with Crippen molar-refractivity contribution in [3.05, 3.63) is 59.4 Å². The Morgan fingerprint density at radius 3 is 2.38 bits per heavy atom. The SMILES string of the molecule is NCc1ccc(S(=O)(=O)Nc2cccc(F)c2F)c(F)c1. The molecule has 3 N–H and O–H groups in total. The minimum Gasteiger partial charge on any atom is -0.326 e. The Morgan fingerprint density at radius 2 is 1.76 bits per heavy atom. The van der Waals surface area contributed by atoms with Gasteiger partial charge >= 0.3 is 0 Å². The third-order valence-corrected chi connectivity index (χ3v) is 4.12. The average molecular weight is 316 g/mol. The molecule has 0 aliphatic heterocycles. The summed E-state index contributed by atoms with van der Waals surface area (Å²) >= 11 is 0. The summed E-state index contributed by atoms with van der Waals surface area (Å²) in [6.07, 6.45) is 0. The Bertz CT molecular complexity index is 779. The first-order valence-electron chi connectivity index (χ1n) is 5.80. The van der Waals surface area contributed by atoms with Crippen molar-refractivity contribution in [1.82, 2.24) is 0 Å². The van der Waals surface area contributed by atoms with E-state index in [1.807, 2.05) is 4.72 Å². The van der Waals surface area contributed by atoms with E-state index in [2.05, 4.69) is 0 Å². The van der Waals surface area contributed by atoms with Crippen molar-refractivity contribution in [2.75, 3.05) is 4.72 Å². The van der Waals surface area contributed by atoms with E-state index in [4.69, 9.17) is 5.73 Å². The summed E-state index contributed by atoms with van der Waals surface area (Å²) in [6.45, 7) is 0.0448. The Hall–Kier alpha value is -2.06. The van der Waals surface area contributed by atoms with Crippen LogP contribution in [0.5, 0.6) is 0 Å². The number of halogens is 3. The van der Waals surface area contributed by atoms with Gasteiger partial charge in [0.1, 0.15) is 10.7 Å². The van der Waals surface area contributed by atoms with Crippen LogP contribution in [0.3, 0.4) is 0 Å². The maximum atomic E-state index is 13.8. The van der Waals surface area contributed by atoms with Gasteiger partial charge in [-0.3, -0.25) is 4.72 Å². The normalized spacial score (nSPS) is 11.4. The van der Waals surface area contributed by atoms with E-state index in [0.717, 1.165) is 30.3 Å². The minimum absolute atomic E-state index is 0.0448. The Labute approximate surface area is 119 Å². The fourth-order valence-corrected chi connectivity index (χ4v) is 2.79. The summed E-state index contributed by atoms with van der Waals surface area (Å²) in [4.78, 5) is -0.677. The van der Waals surface area contributed by atoms with Gasteiger partial charge in [0.05, 0.1) is 5.69 Å². The van der Waals surface area contributed by atoms with Crippen molar-refractivity contribution in [2.45, 2.75) is 11.4 Å². The maximum Gasteiger partial charge on any atom is 0.264 e. The standard InChI is InChI=1S/C13H11F3N2O2S/c14-9-2-1-3-11(13(9)16)18-21(19,20)12-5-4-8(7-17)6-10(12)15/h1-6,18H,7,17H2. The Kier molecular flexibility index (Phi) is 4.19. The van der Waals surface area contributed by atoms with Crippen molar-refractivity contribution in [3.8, 4) is 0 Å². The van der Waals surface area contributed by atoms with Crippen LogP contribution in [0.1, 0.15) is 5.56 Å². The maximum absolute atomic E-state index is 13.8. The summed E-state index contributed by atoms with van der Waals surface area (Å²) in [5.41, 5.74) is 5.12. The van der Waals surface area contributed by atoms with Crippen molar-refractivity contribution in [2.24, 2.45) is 5.73 Å². The second-order valence-electron chi connectivity index (χ2n) is 4.18. The van der Waals surface area contributed by atoms with Gasteiger partial charge in [0.25, 0.3) is 10.0 Å². The molecule has 0 aliphatic rings. The van der Waals surface area contributed by atoms with Gasteiger partial charge in [-0.1, -0.05) is 12.1 Å². The van der Waals surface area contributed by atoms with Crippen LogP contribution in [-0.4, -0.2) is 8.42 Å². The average Bonchev–Trinajstić information content (AvgIpc) is 2.43. The lowest BCUT2D eigenvalue weighted by Crippen LogP contribution is -2.16. The topological polar surface area (TPSA) is 72.2 Å². The van der Waals surface area contributed by atoms with Crippen molar-refractivity contribution < 1.29 is 21.6 Å².